The fraction of sp³-hybridized carbons (Fsp3) is 0.406. The highest BCUT2D eigenvalue weighted by Gasteiger charge is 2.22. The largest absolute Gasteiger partial charge is 0.395 e. The fourth-order valence-electron chi connectivity index (χ4n) is 5.79. The minimum absolute atomic E-state index is 0.00276. The molecule has 7 N–H and O–H groups in total. The predicted octanol–water partition coefficient (Wildman–Crippen LogP) is 4.93. The van der Waals surface area contributed by atoms with E-state index in [2.05, 4.69) is 20.6 Å². The molecule has 3 atom stereocenters. The van der Waals surface area contributed by atoms with Crippen molar-refractivity contribution in [3.8, 4) is 16.9 Å². The van der Waals surface area contributed by atoms with Crippen LogP contribution in [-0.2, 0) is 6.42 Å². The number of hydrogen-bond acceptors (Lipinski definition) is 6. The molecule has 1 saturated heterocycles. The molecule has 234 valence electrons. The molecule has 0 radical (unpaired) electrons. The first-order valence-electron chi connectivity index (χ1n) is 15.0. The third-order valence-electron chi connectivity index (χ3n) is 8.18. The van der Waals surface area contributed by atoms with Crippen LogP contribution in [0.4, 0.5) is 8.78 Å². The molecular weight excluding hydrogens is 588 g/mol. The number of benzene rings is 2. The van der Waals surface area contributed by atoms with Gasteiger partial charge >= 0.3 is 5.69 Å². The molecule has 1 aliphatic heterocycles. The molecule has 0 bridgehead atoms. The average Bonchev–Trinajstić information content (AvgIpc) is 3.44. The number of amidine groups is 1. The third-order valence-corrected chi connectivity index (χ3v) is 8.46. The average molecular weight is 626 g/mol. The topological polar surface area (TPSA) is 145 Å². The van der Waals surface area contributed by atoms with Crippen LogP contribution < -0.4 is 22.1 Å². The normalized spacial score (nSPS) is 17.6. The summed E-state index contributed by atoms with van der Waals surface area (Å²) in [5, 5.41) is 23.7. The summed E-state index contributed by atoms with van der Waals surface area (Å²) >= 11 is 6.23. The van der Waals surface area contributed by atoms with Gasteiger partial charge in [0.1, 0.15) is 18.2 Å². The van der Waals surface area contributed by atoms with Gasteiger partial charge in [0.05, 0.1) is 23.0 Å². The molecular formula is C32H38ClF2N7O2. The summed E-state index contributed by atoms with van der Waals surface area (Å²) in [5.41, 5.74) is 9.05. The van der Waals surface area contributed by atoms with E-state index in [0.717, 1.165) is 43.2 Å². The summed E-state index contributed by atoms with van der Waals surface area (Å²) in [7, 11) is 0. The highest BCUT2D eigenvalue weighted by Crippen LogP contribution is 2.32. The van der Waals surface area contributed by atoms with Crippen molar-refractivity contribution in [1.82, 2.24) is 25.2 Å². The Bertz CT molecular complexity index is 1660. The number of halogens is 3. The molecule has 2 aromatic carbocycles. The second-order valence-corrected chi connectivity index (χ2v) is 11.8. The molecule has 5 rings (SSSR count). The highest BCUT2D eigenvalue weighted by molar-refractivity contribution is 6.31. The van der Waals surface area contributed by atoms with Gasteiger partial charge in [-0.25, -0.2) is 13.6 Å². The number of alkyl halides is 1. The lowest BCUT2D eigenvalue weighted by atomic mass is 9.92. The SMILES string of the molecule is N=C(CF)NCC[C@@H]1CCC[C@@H](c2ccc(-n3cc4cc(-c5cc(CCC[C@@H](N)CO)cc(Cl)c5F)[nH]c4nc3=O)cc2)N1. The number of nitrogens with two attached hydrogens (primary N) is 1. The van der Waals surface area contributed by atoms with E-state index in [-0.39, 0.29) is 41.2 Å². The Morgan fingerprint density at radius 2 is 2.05 bits per heavy atom. The maximum atomic E-state index is 15.1. The van der Waals surface area contributed by atoms with Crippen molar-refractivity contribution in [3.63, 3.8) is 0 Å². The standard InChI is InChI=1S/C32H38ClF2N7O2/c33-26-14-19(3-1-4-22(36)18-43)13-25(30(26)35)28-15-21-17-42(32(44)41-31(21)40-28)24-9-7-20(8-10-24)27-6-2-5-23(39-27)11-12-38-29(37)16-34/h7-10,13-15,17,22-23,27,39,43H,1-6,11-12,16,18,36H2,(H2,37,38)(H,40,41,44)/t22-,23+,27+/m1/s1. The zero-order chi connectivity index (χ0) is 31.2. The second kappa shape index (κ2) is 14.4. The number of fused-ring (bicyclic) bond motifs is 1. The van der Waals surface area contributed by atoms with Gasteiger partial charge in [-0.05, 0) is 80.0 Å². The highest BCUT2D eigenvalue weighted by atomic mass is 35.5. The maximum Gasteiger partial charge on any atom is 0.354 e. The summed E-state index contributed by atoms with van der Waals surface area (Å²) < 4.78 is 29.1. The number of aliphatic hydroxyl groups excluding tert-OH is 1. The number of nitrogens with one attached hydrogen (secondary N) is 4. The van der Waals surface area contributed by atoms with Crippen molar-refractivity contribution in [2.75, 3.05) is 19.8 Å². The Kier molecular flexibility index (Phi) is 10.4. The smallest absolute Gasteiger partial charge is 0.354 e. The van der Waals surface area contributed by atoms with Crippen LogP contribution in [0.15, 0.2) is 53.5 Å². The number of aryl methyl sites for hydroxylation is 1. The molecule has 2 aromatic heterocycles. The Hall–Kier alpha value is -3.64. The molecule has 0 saturated carbocycles. The third kappa shape index (κ3) is 7.52. The number of H-pyrrole nitrogens is 1. The first-order valence-corrected chi connectivity index (χ1v) is 15.3. The van der Waals surface area contributed by atoms with E-state index < -0.39 is 18.2 Å². The quantitative estimate of drug-likeness (QED) is 0.0973. The summed E-state index contributed by atoms with van der Waals surface area (Å²) in [6.45, 7) is -0.316. The van der Waals surface area contributed by atoms with Crippen LogP contribution in [0.5, 0.6) is 0 Å². The molecule has 0 unspecified atom stereocenters. The van der Waals surface area contributed by atoms with Gasteiger partial charge in [0.15, 0.2) is 5.82 Å². The van der Waals surface area contributed by atoms with E-state index in [1.807, 2.05) is 24.3 Å². The van der Waals surface area contributed by atoms with Crippen LogP contribution in [0.25, 0.3) is 28.0 Å². The van der Waals surface area contributed by atoms with Crippen LogP contribution in [-0.4, -0.2) is 57.4 Å². The summed E-state index contributed by atoms with van der Waals surface area (Å²) in [4.78, 5) is 20.3. The van der Waals surface area contributed by atoms with Gasteiger partial charge in [0, 0.05) is 41.8 Å². The molecule has 0 amide bonds. The minimum Gasteiger partial charge on any atom is -0.395 e. The van der Waals surface area contributed by atoms with E-state index in [0.29, 0.717) is 41.8 Å². The Labute approximate surface area is 259 Å². The molecule has 44 heavy (non-hydrogen) atoms. The molecule has 12 heteroatoms. The van der Waals surface area contributed by atoms with Crippen molar-refractivity contribution < 1.29 is 13.9 Å². The van der Waals surface area contributed by atoms with E-state index in [1.54, 1.807) is 24.4 Å². The summed E-state index contributed by atoms with van der Waals surface area (Å²) in [6, 6.07) is 13.0. The number of aliphatic hydroxyl groups is 1. The molecule has 0 aliphatic carbocycles. The van der Waals surface area contributed by atoms with E-state index in [4.69, 9.17) is 27.9 Å². The Morgan fingerprint density at radius 3 is 2.80 bits per heavy atom. The van der Waals surface area contributed by atoms with Crippen molar-refractivity contribution in [2.45, 2.75) is 63.1 Å². The van der Waals surface area contributed by atoms with E-state index in [1.165, 1.54) is 4.57 Å². The number of aromatic amines is 1. The lowest BCUT2D eigenvalue weighted by Gasteiger charge is -2.31. The van der Waals surface area contributed by atoms with Crippen molar-refractivity contribution in [2.24, 2.45) is 5.73 Å². The van der Waals surface area contributed by atoms with Crippen molar-refractivity contribution in [1.29, 1.82) is 5.41 Å². The van der Waals surface area contributed by atoms with Crippen LogP contribution in [0.1, 0.15) is 55.7 Å². The van der Waals surface area contributed by atoms with E-state index in [9.17, 15) is 9.18 Å². The number of piperidine rings is 1. The lowest BCUT2D eigenvalue weighted by Crippen LogP contribution is -2.39. The van der Waals surface area contributed by atoms with Gasteiger partial charge in [0.2, 0.25) is 0 Å². The van der Waals surface area contributed by atoms with Crippen LogP contribution in [0.2, 0.25) is 5.02 Å². The van der Waals surface area contributed by atoms with Crippen molar-refractivity contribution >= 4 is 28.5 Å². The summed E-state index contributed by atoms with van der Waals surface area (Å²) in [5.74, 6) is -0.654. The maximum absolute atomic E-state index is 15.1. The number of rotatable bonds is 12. The monoisotopic (exact) mass is 625 g/mol. The zero-order valence-electron chi connectivity index (χ0n) is 24.4. The molecule has 0 spiro atoms. The number of aromatic nitrogens is 3. The van der Waals surface area contributed by atoms with Gasteiger partial charge in [-0.1, -0.05) is 30.2 Å². The molecule has 1 fully saturated rings. The lowest BCUT2D eigenvalue weighted by molar-refractivity contribution is 0.258. The fourth-order valence-corrected chi connectivity index (χ4v) is 6.03. The Morgan fingerprint density at radius 1 is 1.25 bits per heavy atom. The van der Waals surface area contributed by atoms with Crippen LogP contribution in [0.3, 0.4) is 0 Å². The van der Waals surface area contributed by atoms with Gasteiger partial charge < -0.3 is 26.5 Å². The van der Waals surface area contributed by atoms with Gasteiger partial charge in [-0.2, -0.15) is 4.98 Å². The molecule has 3 heterocycles. The van der Waals surface area contributed by atoms with Crippen LogP contribution in [0, 0.1) is 11.2 Å². The molecule has 4 aromatic rings. The van der Waals surface area contributed by atoms with Gasteiger partial charge in [-0.3, -0.25) is 9.98 Å². The molecule has 9 nitrogen and oxygen atoms in total. The van der Waals surface area contributed by atoms with Gasteiger partial charge in [-0.15, -0.1) is 0 Å². The minimum atomic E-state index is -0.783. The zero-order valence-corrected chi connectivity index (χ0v) is 25.1. The first-order chi connectivity index (χ1) is 21.2. The second-order valence-electron chi connectivity index (χ2n) is 11.4. The Balaban J connectivity index is 1.32. The van der Waals surface area contributed by atoms with E-state index >= 15 is 4.39 Å². The number of hydrogen-bond donors (Lipinski definition) is 6. The summed E-state index contributed by atoms with van der Waals surface area (Å²) in [6.07, 6.45) is 7.55. The number of nitrogens with zero attached hydrogens (tertiary/aromatic N) is 2. The first kappa shape index (κ1) is 31.8. The van der Waals surface area contributed by atoms with Crippen LogP contribution >= 0.6 is 11.6 Å². The van der Waals surface area contributed by atoms with Gasteiger partial charge in [0.25, 0.3) is 0 Å². The van der Waals surface area contributed by atoms with Crippen molar-refractivity contribution in [3.05, 3.63) is 81.1 Å². The molecule has 1 aliphatic rings. The predicted molar refractivity (Wildman–Crippen MR) is 170 cm³/mol.